The zero-order valence-electron chi connectivity index (χ0n) is 64.0. The van der Waals surface area contributed by atoms with E-state index in [-0.39, 0.29) is 63.1 Å². The number of hydrogen-bond donors (Lipinski definition) is 6. The van der Waals surface area contributed by atoms with Crippen LogP contribution in [0.3, 0.4) is 0 Å². The highest BCUT2D eigenvalue weighted by atomic mass is 16.5. The van der Waals surface area contributed by atoms with Gasteiger partial charge in [-0.1, -0.05) is 95.2 Å². The molecule has 562 valence electrons. The maximum atomic E-state index is 15.4. The summed E-state index contributed by atoms with van der Waals surface area (Å²) in [6, 6.07) is -15.0. The zero-order valence-corrected chi connectivity index (χ0v) is 64.0. The molecule has 27 nitrogen and oxygen atoms in total. The summed E-state index contributed by atoms with van der Waals surface area (Å²) in [6.07, 6.45) is 3.75. The van der Waals surface area contributed by atoms with Crippen LogP contribution in [0.15, 0.2) is 12.2 Å². The number of rotatable bonds is 24. The van der Waals surface area contributed by atoms with Crippen molar-refractivity contribution in [3.63, 3.8) is 0 Å². The topological polar surface area (TPSA) is 335 Å². The lowest BCUT2D eigenvalue weighted by Gasteiger charge is -2.41. The van der Waals surface area contributed by atoms with Crippen LogP contribution in [0.5, 0.6) is 0 Å². The van der Waals surface area contributed by atoms with Crippen molar-refractivity contribution in [2.24, 2.45) is 35.5 Å². The highest BCUT2D eigenvalue weighted by Gasteiger charge is 2.47. The predicted octanol–water partition coefficient (Wildman–Crippen LogP) is 3.89. The molecule has 1 saturated heterocycles. The number of aliphatic hydroxyl groups is 2. The van der Waals surface area contributed by atoms with Gasteiger partial charge in [-0.05, 0) is 128 Å². The molecule has 6 N–H and O–H groups in total. The number of carbonyl (C=O) groups excluding carboxylic acids is 12. The van der Waals surface area contributed by atoms with E-state index in [2.05, 4.69) is 21.3 Å². The molecule has 1 fully saturated rings. The van der Waals surface area contributed by atoms with E-state index in [0.29, 0.717) is 25.7 Å². The SMILES string of the molecule is C/C=C/C[C@@H](C)[C@@H](O)[C@H]1C(=O)N[C@H](CC)C(=O)N(C)[C@H](COCCCCOC(C)=O)C(=O)N(C)[C@@H](CC(C)(C)O)C(=O)N[C@H](C(C)C)C(=O)N(C)[C@H](CCC(C)C)C(=O)N[C@H](C)C(=O)N[C@@H](C)C(=O)N(C)[C@@H](CC(C)C)C(=O)N(C)[C@@H](CCC(C)C)C(=O)N(C)[C@H](C(C)C)C(=O)N1C. The molecule has 0 saturated carbocycles. The molecular weight excluding hydrogens is 1260 g/mol. The van der Waals surface area contributed by atoms with E-state index in [0.717, 1.165) is 14.7 Å². The Labute approximate surface area is 585 Å². The lowest BCUT2D eigenvalue weighted by Crippen LogP contribution is -2.64. The zero-order chi connectivity index (χ0) is 75.7. The lowest BCUT2D eigenvalue weighted by atomic mass is 9.91. The summed E-state index contributed by atoms with van der Waals surface area (Å²) in [5.74, 6) is -10.9. The van der Waals surface area contributed by atoms with E-state index in [1.54, 1.807) is 60.6 Å². The van der Waals surface area contributed by atoms with Gasteiger partial charge in [0.05, 0.1) is 24.9 Å². The van der Waals surface area contributed by atoms with Gasteiger partial charge in [-0.25, -0.2) is 0 Å². The van der Waals surface area contributed by atoms with Crippen LogP contribution in [0, 0.1) is 35.5 Å². The van der Waals surface area contributed by atoms with Crippen molar-refractivity contribution in [2.75, 3.05) is 69.2 Å². The van der Waals surface area contributed by atoms with E-state index in [1.807, 2.05) is 41.5 Å². The van der Waals surface area contributed by atoms with Gasteiger partial charge in [0.1, 0.15) is 66.5 Å². The second-order valence-electron chi connectivity index (χ2n) is 29.5. The third-order valence-electron chi connectivity index (χ3n) is 18.3. The van der Waals surface area contributed by atoms with E-state index >= 15 is 28.8 Å². The van der Waals surface area contributed by atoms with Crippen LogP contribution in [0.4, 0.5) is 0 Å². The smallest absolute Gasteiger partial charge is 0.302 e. The molecule has 1 aliphatic rings. The summed E-state index contributed by atoms with van der Waals surface area (Å²) < 4.78 is 11.1. The van der Waals surface area contributed by atoms with Crippen molar-refractivity contribution in [1.82, 2.24) is 55.6 Å². The van der Waals surface area contributed by atoms with Gasteiger partial charge < -0.3 is 75.3 Å². The fraction of sp³-hybridized carbons (Fsp3) is 0.803. The molecule has 0 aromatic heterocycles. The predicted molar refractivity (Wildman–Crippen MR) is 375 cm³/mol. The van der Waals surface area contributed by atoms with Gasteiger partial charge in [-0.2, -0.15) is 0 Å². The molecule has 1 rings (SSSR count). The fourth-order valence-electron chi connectivity index (χ4n) is 11.9. The Kier molecular flexibility index (Phi) is 38.0. The monoisotopic (exact) mass is 1390 g/mol. The van der Waals surface area contributed by atoms with Gasteiger partial charge in [0, 0.05) is 69.3 Å². The number of unbranched alkanes of at least 4 members (excludes halogenated alkanes) is 1. The average molecular weight is 1390 g/mol. The number of nitrogens with zero attached hydrogens (tertiary/aromatic N) is 7. The second kappa shape index (κ2) is 41.7. The van der Waals surface area contributed by atoms with Crippen molar-refractivity contribution in [1.29, 1.82) is 0 Å². The van der Waals surface area contributed by atoms with E-state index < -0.39 is 180 Å². The molecular formula is C71H127N11O16. The summed E-state index contributed by atoms with van der Waals surface area (Å²) in [5.41, 5.74) is -1.64. The maximum Gasteiger partial charge on any atom is 0.302 e. The first kappa shape index (κ1) is 89.3. The molecule has 0 bridgehead atoms. The van der Waals surface area contributed by atoms with Gasteiger partial charge in [-0.15, -0.1) is 0 Å². The maximum absolute atomic E-state index is 15.4. The minimum Gasteiger partial charge on any atom is -0.466 e. The van der Waals surface area contributed by atoms with Crippen molar-refractivity contribution >= 4 is 70.9 Å². The molecule has 0 spiro atoms. The number of hydrogen-bond acceptors (Lipinski definition) is 16. The molecule has 98 heavy (non-hydrogen) atoms. The normalized spacial score (nSPS) is 25.7. The minimum absolute atomic E-state index is 0.0137. The summed E-state index contributed by atoms with van der Waals surface area (Å²) in [6.45, 7) is 29.9. The van der Waals surface area contributed by atoms with Crippen LogP contribution in [-0.4, -0.2) is 263 Å². The van der Waals surface area contributed by atoms with Crippen molar-refractivity contribution in [3.8, 4) is 0 Å². The molecule has 11 amide bonds. The molecule has 0 unspecified atom stereocenters. The largest absolute Gasteiger partial charge is 0.466 e. The average Bonchev–Trinajstić information content (AvgIpc) is 0.805. The quantitative estimate of drug-likeness (QED) is 0.0454. The number of allylic oxidation sites excluding steroid dienone is 2. The van der Waals surface area contributed by atoms with E-state index in [1.165, 1.54) is 104 Å². The van der Waals surface area contributed by atoms with Crippen molar-refractivity contribution in [3.05, 3.63) is 12.2 Å². The summed E-state index contributed by atoms with van der Waals surface area (Å²) in [7, 11) is 9.64. The van der Waals surface area contributed by atoms with Crippen molar-refractivity contribution < 1.29 is 77.2 Å². The van der Waals surface area contributed by atoms with Gasteiger partial charge >= 0.3 is 5.97 Å². The Bertz CT molecular complexity index is 2680. The van der Waals surface area contributed by atoms with Crippen LogP contribution in [0.2, 0.25) is 0 Å². The van der Waals surface area contributed by atoms with Crippen LogP contribution >= 0.6 is 0 Å². The molecule has 27 heteroatoms. The number of likely N-dealkylation sites (N-methyl/N-ethyl adjacent to an activating group) is 7. The summed E-state index contributed by atoms with van der Waals surface area (Å²) in [4.78, 5) is 184. The Morgan fingerprint density at radius 1 is 0.531 bits per heavy atom. The lowest BCUT2D eigenvalue weighted by molar-refractivity contribution is -0.157. The fourth-order valence-corrected chi connectivity index (χ4v) is 11.9. The Morgan fingerprint density at radius 3 is 1.50 bits per heavy atom. The van der Waals surface area contributed by atoms with Gasteiger partial charge in [-0.3, -0.25) is 57.5 Å². The Hall–Kier alpha value is -6.74. The molecule has 0 radical (unpaired) electrons. The molecule has 0 aliphatic carbocycles. The summed E-state index contributed by atoms with van der Waals surface area (Å²) in [5, 5.41) is 34.7. The van der Waals surface area contributed by atoms with Crippen LogP contribution in [0.1, 0.15) is 189 Å². The number of nitrogens with one attached hydrogen (secondary N) is 4. The van der Waals surface area contributed by atoms with Crippen LogP contribution < -0.4 is 21.3 Å². The van der Waals surface area contributed by atoms with Crippen LogP contribution in [-0.2, 0) is 67.0 Å². The third kappa shape index (κ3) is 27.1. The first-order chi connectivity index (χ1) is 45.3. The molecule has 0 aromatic carbocycles. The molecule has 0 aromatic rings. The minimum atomic E-state index is -1.71. The van der Waals surface area contributed by atoms with Crippen LogP contribution in [0.25, 0.3) is 0 Å². The third-order valence-corrected chi connectivity index (χ3v) is 18.3. The Morgan fingerprint density at radius 2 is 1.00 bits per heavy atom. The Balaban J connectivity index is 4.60. The van der Waals surface area contributed by atoms with E-state index in [9.17, 15) is 39.0 Å². The number of aliphatic hydroxyl groups excluding tert-OH is 1. The van der Waals surface area contributed by atoms with Crippen molar-refractivity contribution in [2.45, 2.75) is 267 Å². The molecule has 1 aliphatic heterocycles. The molecule has 1 heterocycles. The van der Waals surface area contributed by atoms with Gasteiger partial charge in [0.15, 0.2) is 0 Å². The number of esters is 1. The highest BCUT2D eigenvalue weighted by Crippen LogP contribution is 2.27. The first-order valence-corrected chi connectivity index (χ1v) is 35.1. The first-order valence-electron chi connectivity index (χ1n) is 35.1. The summed E-state index contributed by atoms with van der Waals surface area (Å²) >= 11 is 0. The van der Waals surface area contributed by atoms with Gasteiger partial charge in [0.2, 0.25) is 65.0 Å². The number of carbonyl (C=O) groups is 12. The van der Waals surface area contributed by atoms with E-state index in [4.69, 9.17) is 9.47 Å². The highest BCUT2D eigenvalue weighted by molar-refractivity contribution is 6.00. The van der Waals surface area contributed by atoms with Gasteiger partial charge in [0.25, 0.3) is 0 Å². The molecule has 13 atom stereocenters. The second-order valence-corrected chi connectivity index (χ2v) is 29.5. The number of amides is 11. The standard InChI is InChI=1S/C71H127N11O16/c1-26-28-31-46(13)59(84)58-63(88)74-50(27-2)65(90)80(23)55(40-97-36-29-30-37-98-49(16)83)68(93)79(22)54(39-71(17,18)96)62(87)75-56(44(9)10)69(94)76(19)51(34-32-41(3)4)61(86)72-47(14)60(85)73-48(15)64(89)78(21)53(38-43(7)8)67(92)77(20)52(35-33-42(5)6)66(91)81(24)57(45(11)12)70(95)82(58)25/h26,28,41-48,50-59,84,96H,27,29-40H2,1-25H3,(H,72,86)(H,73,85)(H,74,88)(H,75,87)/b28-26+/t46-,47-,48+,50-,51-,52+,53+,54+,55-,56-,57-,58+,59-/m1/s1. The number of ether oxygens (including phenoxy) is 2.